The molecular weight excluding hydrogens is 481 g/mol. The molecule has 178 valence electrons. The highest BCUT2D eigenvalue weighted by Crippen LogP contribution is 2.34. The Bertz CT molecular complexity index is 1220. The zero-order valence-electron chi connectivity index (χ0n) is 18.6. The molecule has 0 aliphatic carbocycles. The molecule has 34 heavy (non-hydrogen) atoms. The summed E-state index contributed by atoms with van der Waals surface area (Å²) in [6.45, 7) is 5.40. The number of nitrogens with two attached hydrogens (primary N) is 2. The van der Waals surface area contributed by atoms with Crippen molar-refractivity contribution < 1.29 is 18.8 Å². The van der Waals surface area contributed by atoms with Crippen molar-refractivity contribution in [3.05, 3.63) is 75.5 Å². The molecule has 0 fully saturated rings. The molecule has 3 amide bonds. The third kappa shape index (κ3) is 5.52. The van der Waals surface area contributed by atoms with Crippen molar-refractivity contribution in [2.24, 2.45) is 5.73 Å². The zero-order valence-corrected chi connectivity index (χ0v) is 20.2. The Hall–Kier alpha value is -3.50. The van der Waals surface area contributed by atoms with E-state index in [-0.39, 0.29) is 21.9 Å². The molecule has 3 aromatic rings. The quantitative estimate of drug-likeness (QED) is 0.469. The Kier molecular flexibility index (Phi) is 7.23. The van der Waals surface area contributed by atoms with Gasteiger partial charge in [-0.2, -0.15) is 4.37 Å². The van der Waals surface area contributed by atoms with Crippen LogP contribution in [0.2, 0.25) is 5.02 Å². The summed E-state index contributed by atoms with van der Waals surface area (Å²) in [6, 6.07) is 10.3. The molecule has 8 nitrogen and oxygen atoms in total. The largest absolute Gasteiger partial charge is 0.395 e. The van der Waals surface area contributed by atoms with Gasteiger partial charge in [0.15, 0.2) is 5.69 Å². The molecule has 0 bridgehead atoms. The average Bonchev–Trinajstić information content (AvgIpc) is 3.13. The number of hydrogen-bond acceptors (Lipinski definition) is 6. The van der Waals surface area contributed by atoms with Gasteiger partial charge in [0.25, 0.3) is 11.8 Å². The molecule has 0 unspecified atom stereocenters. The standard InChI is InChI=1S/C23H23ClFN5O3S/c1-23(2,3)28-21(32)18(12-4-6-13(24)7-5-12)30(15-10-8-14(25)9-11-15)22(33)19-16(26)17(20(27)31)29-34-19/h4-11,18H,26H2,1-3H3,(H2,27,31)(H,28,32)/t18-/m0/s1. The number of nitrogens with one attached hydrogen (secondary N) is 1. The molecule has 0 aliphatic heterocycles. The van der Waals surface area contributed by atoms with Gasteiger partial charge in [0, 0.05) is 16.2 Å². The number of amides is 3. The fraction of sp³-hybridized carbons (Fsp3) is 0.217. The number of halogens is 2. The van der Waals surface area contributed by atoms with Gasteiger partial charge in [0.1, 0.15) is 16.7 Å². The van der Waals surface area contributed by atoms with Crippen LogP contribution < -0.4 is 21.7 Å². The van der Waals surface area contributed by atoms with Crippen molar-refractivity contribution in [2.75, 3.05) is 10.6 Å². The molecule has 2 aromatic carbocycles. The highest BCUT2D eigenvalue weighted by Gasteiger charge is 2.37. The van der Waals surface area contributed by atoms with Gasteiger partial charge in [-0.1, -0.05) is 23.7 Å². The number of carbonyl (C=O) groups excluding carboxylic acids is 3. The number of benzene rings is 2. The molecule has 1 atom stereocenters. The minimum atomic E-state index is -1.19. The van der Waals surface area contributed by atoms with Crippen molar-refractivity contribution in [1.29, 1.82) is 0 Å². The van der Waals surface area contributed by atoms with E-state index in [1.807, 2.05) is 0 Å². The molecule has 0 spiro atoms. The van der Waals surface area contributed by atoms with Crippen LogP contribution in [0.4, 0.5) is 15.8 Å². The van der Waals surface area contributed by atoms with E-state index < -0.39 is 35.1 Å². The second kappa shape index (κ2) is 9.78. The maximum atomic E-state index is 13.8. The van der Waals surface area contributed by atoms with Crippen LogP contribution in [-0.4, -0.2) is 27.6 Å². The molecule has 11 heteroatoms. The van der Waals surface area contributed by atoms with E-state index in [2.05, 4.69) is 9.69 Å². The molecule has 0 saturated heterocycles. The first-order chi connectivity index (χ1) is 15.9. The van der Waals surface area contributed by atoms with Crippen molar-refractivity contribution in [3.63, 3.8) is 0 Å². The van der Waals surface area contributed by atoms with Crippen LogP contribution >= 0.6 is 23.1 Å². The first kappa shape index (κ1) is 25.1. The van der Waals surface area contributed by atoms with Crippen LogP contribution in [0.3, 0.4) is 0 Å². The number of primary amides is 1. The van der Waals surface area contributed by atoms with E-state index in [4.69, 9.17) is 23.1 Å². The molecule has 5 N–H and O–H groups in total. The number of nitrogens with zero attached hydrogens (tertiary/aromatic N) is 2. The summed E-state index contributed by atoms with van der Waals surface area (Å²) >= 11 is 6.72. The third-order valence-electron chi connectivity index (χ3n) is 4.67. The molecule has 0 radical (unpaired) electrons. The van der Waals surface area contributed by atoms with Crippen molar-refractivity contribution >= 4 is 52.2 Å². The normalized spacial score (nSPS) is 12.1. The maximum absolute atomic E-state index is 13.8. The predicted octanol–water partition coefficient (Wildman–Crippen LogP) is 3.92. The smallest absolute Gasteiger partial charge is 0.273 e. The average molecular weight is 504 g/mol. The molecule has 3 rings (SSSR count). The number of hydrogen-bond donors (Lipinski definition) is 3. The van der Waals surface area contributed by atoms with Gasteiger partial charge in [-0.3, -0.25) is 19.3 Å². The van der Waals surface area contributed by atoms with Crippen LogP contribution in [0.15, 0.2) is 48.5 Å². The summed E-state index contributed by atoms with van der Waals surface area (Å²) in [6.07, 6.45) is 0. The lowest BCUT2D eigenvalue weighted by molar-refractivity contribution is -0.123. The van der Waals surface area contributed by atoms with Crippen LogP contribution in [0.1, 0.15) is 52.5 Å². The minimum Gasteiger partial charge on any atom is -0.395 e. The number of aromatic nitrogens is 1. The molecule has 0 saturated carbocycles. The summed E-state index contributed by atoms with van der Waals surface area (Å²) in [5.74, 6) is -2.61. The first-order valence-electron chi connectivity index (χ1n) is 10.1. The third-order valence-corrected chi connectivity index (χ3v) is 5.77. The van der Waals surface area contributed by atoms with E-state index in [1.54, 1.807) is 45.0 Å². The van der Waals surface area contributed by atoms with Crippen LogP contribution in [0, 0.1) is 5.82 Å². The van der Waals surface area contributed by atoms with E-state index in [0.717, 1.165) is 0 Å². The number of nitrogen functional groups attached to an aromatic ring is 1. The molecule has 1 aromatic heterocycles. The van der Waals surface area contributed by atoms with Gasteiger partial charge in [0.05, 0.1) is 5.69 Å². The Morgan fingerprint density at radius 3 is 2.18 bits per heavy atom. The van der Waals surface area contributed by atoms with Crippen LogP contribution in [0.5, 0.6) is 0 Å². The van der Waals surface area contributed by atoms with Crippen molar-refractivity contribution in [1.82, 2.24) is 9.69 Å². The van der Waals surface area contributed by atoms with Gasteiger partial charge < -0.3 is 16.8 Å². The molecule has 1 heterocycles. The number of carbonyl (C=O) groups is 3. The topological polar surface area (TPSA) is 131 Å². The summed E-state index contributed by atoms with van der Waals surface area (Å²) < 4.78 is 17.6. The minimum absolute atomic E-state index is 0.0827. The van der Waals surface area contributed by atoms with E-state index in [9.17, 15) is 18.8 Å². The second-order valence-electron chi connectivity index (χ2n) is 8.48. The summed E-state index contributed by atoms with van der Waals surface area (Å²) in [7, 11) is 0. The summed E-state index contributed by atoms with van der Waals surface area (Å²) in [4.78, 5) is 40.1. The molecular formula is C23H23ClFN5O3S. The fourth-order valence-corrected chi connectivity index (χ4v) is 4.09. The lowest BCUT2D eigenvalue weighted by Gasteiger charge is -2.33. The van der Waals surface area contributed by atoms with Crippen molar-refractivity contribution in [3.8, 4) is 0 Å². The Morgan fingerprint density at radius 1 is 1.09 bits per heavy atom. The lowest BCUT2D eigenvalue weighted by Crippen LogP contribution is -2.49. The Balaban J connectivity index is 2.22. The van der Waals surface area contributed by atoms with Gasteiger partial charge in [-0.25, -0.2) is 4.39 Å². The number of anilines is 2. The monoisotopic (exact) mass is 503 g/mol. The number of rotatable bonds is 6. The highest BCUT2D eigenvalue weighted by molar-refractivity contribution is 7.09. The van der Waals surface area contributed by atoms with E-state index in [0.29, 0.717) is 22.1 Å². The fourth-order valence-electron chi connectivity index (χ4n) is 3.22. The van der Waals surface area contributed by atoms with E-state index in [1.165, 1.54) is 29.2 Å². The Morgan fingerprint density at radius 2 is 1.68 bits per heavy atom. The van der Waals surface area contributed by atoms with Gasteiger partial charge >= 0.3 is 0 Å². The Labute approximate surface area is 204 Å². The van der Waals surface area contributed by atoms with Crippen molar-refractivity contribution in [2.45, 2.75) is 32.4 Å². The van der Waals surface area contributed by atoms with Gasteiger partial charge in [-0.05, 0) is 74.3 Å². The maximum Gasteiger partial charge on any atom is 0.273 e. The predicted molar refractivity (Wildman–Crippen MR) is 130 cm³/mol. The lowest BCUT2D eigenvalue weighted by atomic mass is 10.0. The zero-order chi connectivity index (χ0) is 25.2. The SMILES string of the molecule is CC(C)(C)NC(=O)[C@H](c1ccc(Cl)cc1)N(C(=O)c1snc(C(N)=O)c1N)c1ccc(F)cc1. The van der Waals surface area contributed by atoms with E-state index >= 15 is 0 Å². The summed E-state index contributed by atoms with van der Waals surface area (Å²) in [5, 5.41) is 3.32. The highest BCUT2D eigenvalue weighted by atomic mass is 35.5. The van der Waals surface area contributed by atoms with Gasteiger partial charge in [0.2, 0.25) is 5.91 Å². The molecule has 0 aliphatic rings. The first-order valence-corrected chi connectivity index (χ1v) is 11.3. The second-order valence-corrected chi connectivity index (χ2v) is 9.69. The van der Waals surface area contributed by atoms with Gasteiger partial charge in [-0.15, -0.1) is 0 Å². The van der Waals surface area contributed by atoms with Crippen LogP contribution in [-0.2, 0) is 4.79 Å². The summed E-state index contributed by atoms with van der Waals surface area (Å²) in [5.41, 5.74) is 10.9. The van der Waals surface area contributed by atoms with Crippen LogP contribution in [0.25, 0.3) is 0 Å².